The molecule has 1 N–H and O–H groups in total. The van der Waals surface area contributed by atoms with E-state index in [9.17, 15) is 0 Å². The van der Waals surface area contributed by atoms with Crippen molar-refractivity contribution in [2.45, 2.75) is 44.4 Å². The van der Waals surface area contributed by atoms with Crippen molar-refractivity contribution in [3.63, 3.8) is 0 Å². The summed E-state index contributed by atoms with van der Waals surface area (Å²) in [6.07, 6.45) is 3.87. The average molecular weight is 252 g/mol. The van der Waals surface area contributed by atoms with Crippen LogP contribution in [0.2, 0.25) is 0 Å². The van der Waals surface area contributed by atoms with Gasteiger partial charge in [0.05, 0.1) is 24.8 Å². The summed E-state index contributed by atoms with van der Waals surface area (Å²) < 4.78 is 11.6. The van der Waals surface area contributed by atoms with E-state index in [4.69, 9.17) is 9.15 Å². The number of rotatable bonds is 3. The highest BCUT2D eigenvalue weighted by atomic mass is 16.5. The number of fused-ring (bicyclic) bond motifs is 1. The molecular weight excluding hydrogens is 232 g/mol. The summed E-state index contributed by atoms with van der Waals surface area (Å²) in [5.41, 5.74) is 0. The Morgan fingerprint density at radius 3 is 3.11 bits per heavy atom. The van der Waals surface area contributed by atoms with Gasteiger partial charge in [0, 0.05) is 6.54 Å². The zero-order valence-corrected chi connectivity index (χ0v) is 10.9. The SMILES string of the molecule is CNC(C)c1nnc(N2CCOC3CCCC32)o1. The molecule has 1 saturated heterocycles. The van der Waals surface area contributed by atoms with Crippen LogP contribution in [-0.4, -0.2) is 42.5 Å². The summed E-state index contributed by atoms with van der Waals surface area (Å²) in [5.74, 6) is 0.647. The Morgan fingerprint density at radius 2 is 2.28 bits per heavy atom. The third kappa shape index (κ3) is 1.99. The third-order valence-electron chi connectivity index (χ3n) is 3.96. The lowest BCUT2D eigenvalue weighted by atomic mass is 10.1. The van der Waals surface area contributed by atoms with Crippen LogP contribution in [0, 0.1) is 0 Å². The number of ether oxygens (including phenoxy) is 1. The minimum Gasteiger partial charge on any atom is -0.406 e. The van der Waals surface area contributed by atoms with E-state index in [1.807, 2.05) is 14.0 Å². The Bertz CT molecular complexity index is 409. The zero-order valence-electron chi connectivity index (χ0n) is 10.9. The summed E-state index contributed by atoms with van der Waals surface area (Å²) in [4.78, 5) is 2.22. The molecule has 3 unspecified atom stereocenters. The van der Waals surface area contributed by atoms with Gasteiger partial charge in [-0.05, 0) is 33.2 Å². The Kier molecular flexibility index (Phi) is 3.22. The van der Waals surface area contributed by atoms with Crippen molar-refractivity contribution in [3.05, 3.63) is 5.89 Å². The van der Waals surface area contributed by atoms with Gasteiger partial charge in [-0.3, -0.25) is 0 Å². The van der Waals surface area contributed by atoms with E-state index >= 15 is 0 Å². The molecule has 1 aromatic heterocycles. The fourth-order valence-corrected chi connectivity index (χ4v) is 2.80. The molecule has 2 fully saturated rings. The minimum absolute atomic E-state index is 0.0895. The monoisotopic (exact) mass is 252 g/mol. The summed E-state index contributed by atoms with van der Waals surface area (Å²) in [5, 5.41) is 11.4. The smallest absolute Gasteiger partial charge is 0.318 e. The second-order valence-corrected chi connectivity index (χ2v) is 5.03. The standard InChI is InChI=1S/C12H20N4O2/c1-8(13-2)11-14-15-12(18-11)16-6-7-17-10-5-3-4-9(10)16/h8-10,13H,3-7H2,1-2H3. The first-order valence-corrected chi connectivity index (χ1v) is 6.68. The molecule has 6 nitrogen and oxygen atoms in total. The molecule has 1 aliphatic carbocycles. The zero-order chi connectivity index (χ0) is 12.5. The highest BCUT2D eigenvalue weighted by Gasteiger charge is 2.38. The van der Waals surface area contributed by atoms with Crippen molar-refractivity contribution in [1.29, 1.82) is 0 Å². The minimum atomic E-state index is 0.0895. The number of anilines is 1. The first-order chi connectivity index (χ1) is 8.79. The molecule has 2 aliphatic rings. The number of hydrogen-bond donors (Lipinski definition) is 1. The molecule has 1 saturated carbocycles. The largest absolute Gasteiger partial charge is 0.406 e. The lowest BCUT2D eigenvalue weighted by Crippen LogP contribution is -2.48. The maximum atomic E-state index is 5.79. The summed E-state index contributed by atoms with van der Waals surface area (Å²) >= 11 is 0. The molecule has 1 aliphatic heterocycles. The van der Waals surface area contributed by atoms with Crippen LogP contribution in [0.1, 0.15) is 38.1 Å². The Hall–Kier alpha value is -1.14. The summed E-state index contributed by atoms with van der Waals surface area (Å²) in [7, 11) is 1.89. The second-order valence-electron chi connectivity index (χ2n) is 5.03. The van der Waals surface area contributed by atoms with Gasteiger partial charge in [0.1, 0.15) is 0 Å². The van der Waals surface area contributed by atoms with Crippen molar-refractivity contribution >= 4 is 6.01 Å². The normalized spacial score (nSPS) is 29.3. The van der Waals surface area contributed by atoms with E-state index in [2.05, 4.69) is 20.4 Å². The average Bonchev–Trinajstić information content (AvgIpc) is 3.05. The predicted octanol–water partition coefficient (Wildman–Crippen LogP) is 1.11. The van der Waals surface area contributed by atoms with Crippen LogP contribution in [0.5, 0.6) is 0 Å². The van der Waals surface area contributed by atoms with Gasteiger partial charge in [0.2, 0.25) is 5.89 Å². The van der Waals surface area contributed by atoms with Crippen molar-refractivity contribution in [3.8, 4) is 0 Å². The van der Waals surface area contributed by atoms with Gasteiger partial charge in [-0.15, -0.1) is 5.10 Å². The highest BCUT2D eigenvalue weighted by Crippen LogP contribution is 2.32. The van der Waals surface area contributed by atoms with Crippen LogP contribution in [0.25, 0.3) is 0 Å². The molecule has 1 aromatic rings. The lowest BCUT2D eigenvalue weighted by molar-refractivity contribution is 0.0235. The topological polar surface area (TPSA) is 63.4 Å². The van der Waals surface area contributed by atoms with E-state index in [0.29, 0.717) is 24.1 Å². The maximum absolute atomic E-state index is 5.79. The Morgan fingerprint density at radius 1 is 1.39 bits per heavy atom. The second kappa shape index (κ2) is 4.85. The quantitative estimate of drug-likeness (QED) is 0.869. The van der Waals surface area contributed by atoms with Crippen LogP contribution < -0.4 is 10.2 Å². The molecule has 0 aromatic carbocycles. The van der Waals surface area contributed by atoms with E-state index in [0.717, 1.165) is 26.0 Å². The van der Waals surface area contributed by atoms with Gasteiger partial charge in [0.25, 0.3) is 0 Å². The number of nitrogens with one attached hydrogen (secondary N) is 1. The first-order valence-electron chi connectivity index (χ1n) is 6.68. The van der Waals surface area contributed by atoms with E-state index < -0.39 is 0 Å². The van der Waals surface area contributed by atoms with E-state index in [1.165, 1.54) is 6.42 Å². The van der Waals surface area contributed by atoms with Gasteiger partial charge >= 0.3 is 6.01 Å². The van der Waals surface area contributed by atoms with Gasteiger partial charge < -0.3 is 19.4 Å². The molecular formula is C12H20N4O2. The number of nitrogens with zero attached hydrogens (tertiary/aromatic N) is 3. The van der Waals surface area contributed by atoms with Gasteiger partial charge in [0.15, 0.2) is 0 Å². The van der Waals surface area contributed by atoms with Gasteiger partial charge in [-0.2, -0.15) is 0 Å². The Balaban J connectivity index is 1.79. The van der Waals surface area contributed by atoms with Crippen LogP contribution in [0.3, 0.4) is 0 Å². The first kappa shape index (κ1) is 11.9. The molecule has 0 amide bonds. The third-order valence-corrected chi connectivity index (χ3v) is 3.96. The molecule has 6 heteroatoms. The molecule has 0 spiro atoms. The molecule has 3 atom stereocenters. The van der Waals surface area contributed by atoms with Gasteiger partial charge in [-0.1, -0.05) is 5.10 Å². The van der Waals surface area contributed by atoms with E-state index in [-0.39, 0.29) is 6.04 Å². The molecule has 0 bridgehead atoms. The van der Waals surface area contributed by atoms with Crippen molar-refractivity contribution in [2.24, 2.45) is 0 Å². The van der Waals surface area contributed by atoms with E-state index in [1.54, 1.807) is 0 Å². The molecule has 2 heterocycles. The lowest BCUT2D eigenvalue weighted by Gasteiger charge is -2.36. The van der Waals surface area contributed by atoms with Gasteiger partial charge in [-0.25, -0.2) is 0 Å². The molecule has 3 rings (SSSR count). The molecule has 18 heavy (non-hydrogen) atoms. The summed E-state index contributed by atoms with van der Waals surface area (Å²) in [6.45, 7) is 3.60. The van der Waals surface area contributed by atoms with Crippen LogP contribution in [0.15, 0.2) is 4.42 Å². The van der Waals surface area contributed by atoms with Crippen molar-refractivity contribution in [1.82, 2.24) is 15.5 Å². The molecule has 100 valence electrons. The van der Waals surface area contributed by atoms with Crippen molar-refractivity contribution < 1.29 is 9.15 Å². The van der Waals surface area contributed by atoms with Crippen LogP contribution in [0.4, 0.5) is 6.01 Å². The maximum Gasteiger partial charge on any atom is 0.318 e. The predicted molar refractivity (Wildman–Crippen MR) is 66.5 cm³/mol. The molecule has 0 radical (unpaired) electrons. The summed E-state index contributed by atoms with van der Waals surface area (Å²) in [6, 6.07) is 1.15. The number of morpholine rings is 1. The number of aromatic nitrogens is 2. The van der Waals surface area contributed by atoms with Crippen molar-refractivity contribution in [2.75, 3.05) is 25.1 Å². The number of hydrogen-bond acceptors (Lipinski definition) is 6. The fourth-order valence-electron chi connectivity index (χ4n) is 2.80. The Labute approximate surface area is 107 Å². The van der Waals surface area contributed by atoms with Crippen LogP contribution >= 0.6 is 0 Å². The van der Waals surface area contributed by atoms with Crippen LogP contribution in [-0.2, 0) is 4.74 Å². The fraction of sp³-hybridized carbons (Fsp3) is 0.833. The highest BCUT2D eigenvalue weighted by molar-refractivity contribution is 5.29.